The first-order valence-electron chi connectivity index (χ1n) is 11.2. The molecule has 0 saturated heterocycles. The average molecular weight is 538 g/mol. The maximum Gasteiger partial charge on any atom is 0.422 e. The highest BCUT2D eigenvalue weighted by Gasteiger charge is 2.29. The number of pyridine rings is 1. The predicted molar refractivity (Wildman–Crippen MR) is 135 cm³/mol. The highest BCUT2D eigenvalue weighted by molar-refractivity contribution is 6.30. The van der Waals surface area contributed by atoms with Crippen LogP contribution in [0.1, 0.15) is 29.8 Å². The van der Waals surface area contributed by atoms with Gasteiger partial charge >= 0.3 is 12.2 Å². The van der Waals surface area contributed by atoms with Crippen molar-refractivity contribution < 1.29 is 22.7 Å². The number of benzene rings is 1. The van der Waals surface area contributed by atoms with Crippen LogP contribution < -0.4 is 26.4 Å². The van der Waals surface area contributed by atoms with Crippen LogP contribution in [0, 0.1) is 5.41 Å². The Balaban J connectivity index is 1.72. The van der Waals surface area contributed by atoms with Crippen molar-refractivity contribution in [3.05, 3.63) is 64.8 Å². The number of amides is 1. The standard InChI is InChI=1S/C24H27ClF3N7O2/c1-23(2,12-29)13-32-21(36)16-5-8-18(31-11-16)33-20-9-19(30-10-15-3-6-17(25)7-4-15)34-22(35-20)37-14-24(26,27)28/h3-9,11H,10,12-14,29H2,1-2H3,(H,32,36)(H2,30,31,33,34,35). The van der Waals surface area contributed by atoms with Gasteiger partial charge in [-0.25, -0.2) is 4.98 Å². The average Bonchev–Trinajstić information content (AvgIpc) is 2.86. The highest BCUT2D eigenvalue weighted by atomic mass is 35.5. The van der Waals surface area contributed by atoms with E-state index in [9.17, 15) is 18.0 Å². The smallest absolute Gasteiger partial charge is 0.422 e. The van der Waals surface area contributed by atoms with Crippen LogP contribution >= 0.6 is 11.6 Å². The minimum Gasteiger partial charge on any atom is -0.454 e. The molecule has 2 aromatic heterocycles. The minimum atomic E-state index is -4.55. The molecule has 9 nitrogen and oxygen atoms in total. The molecule has 0 unspecified atom stereocenters. The molecule has 3 rings (SSSR count). The van der Waals surface area contributed by atoms with Crippen LogP contribution in [0.15, 0.2) is 48.7 Å². The zero-order valence-corrected chi connectivity index (χ0v) is 21.0. The molecule has 0 atom stereocenters. The molecular formula is C24H27ClF3N7O2. The van der Waals surface area contributed by atoms with Crippen LogP contribution in [0.4, 0.5) is 30.6 Å². The van der Waals surface area contributed by atoms with Crippen LogP contribution in [0.3, 0.4) is 0 Å². The largest absolute Gasteiger partial charge is 0.454 e. The van der Waals surface area contributed by atoms with E-state index in [0.29, 0.717) is 36.0 Å². The Morgan fingerprint density at radius 3 is 2.38 bits per heavy atom. The van der Waals surface area contributed by atoms with Gasteiger partial charge in [-0.05, 0) is 41.8 Å². The molecule has 1 aromatic carbocycles. The molecule has 0 aliphatic heterocycles. The zero-order valence-electron chi connectivity index (χ0n) is 20.2. The Labute approximate surface area is 217 Å². The molecular weight excluding hydrogens is 511 g/mol. The van der Waals surface area contributed by atoms with E-state index < -0.39 is 18.8 Å². The number of alkyl halides is 3. The van der Waals surface area contributed by atoms with Gasteiger partial charge in [0.05, 0.1) is 5.56 Å². The monoisotopic (exact) mass is 537 g/mol. The molecule has 0 bridgehead atoms. The lowest BCUT2D eigenvalue weighted by molar-refractivity contribution is -0.154. The number of aromatic nitrogens is 3. The molecule has 0 radical (unpaired) electrons. The summed E-state index contributed by atoms with van der Waals surface area (Å²) in [6.07, 6.45) is -3.18. The maximum absolute atomic E-state index is 12.7. The highest BCUT2D eigenvalue weighted by Crippen LogP contribution is 2.22. The Hall–Kier alpha value is -3.64. The van der Waals surface area contributed by atoms with Gasteiger partial charge in [-0.3, -0.25) is 4.79 Å². The number of rotatable bonds is 11. The number of carbonyl (C=O) groups is 1. The lowest BCUT2D eigenvalue weighted by atomic mass is 9.94. The van der Waals surface area contributed by atoms with Crippen LogP contribution in [0.2, 0.25) is 5.02 Å². The van der Waals surface area contributed by atoms with E-state index in [0.717, 1.165) is 5.56 Å². The summed E-state index contributed by atoms with van der Waals surface area (Å²) in [5.74, 6) is 0.366. The van der Waals surface area contributed by atoms with Gasteiger partial charge in [-0.2, -0.15) is 23.1 Å². The summed E-state index contributed by atoms with van der Waals surface area (Å²) in [5.41, 5.74) is 6.65. The fourth-order valence-corrected chi connectivity index (χ4v) is 2.94. The number of anilines is 3. The van der Waals surface area contributed by atoms with Crippen molar-refractivity contribution in [2.75, 3.05) is 30.3 Å². The summed E-state index contributed by atoms with van der Waals surface area (Å²) in [5, 5.41) is 9.30. The molecule has 5 N–H and O–H groups in total. The van der Waals surface area contributed by atoms with Crippen molar-refractivity contribution in [2.45, 2.75) is 26.6 Å². The number of ether oxygens (including phenoxy) is 1. The van der Waals surface area contributed by atoms with Crippen molar-refractivity contribution in [3.63, 3.8) is 0 Å². The summed E-state index contributed by atoms with van der Waals surface area (Å²) in [7, 11) is 0. The van der Waals surface area contributed by atoms with Gasteiger partial charge in [-0.15, -0.1) is 0 Å². The first-order valence-corrected chi connectivity index (χ1v) is 11.6. The van der Waals surface area contributed by atoms with E-state index in [2.05, 4.69) is 30.9 Å². The van der Waals surface area contributed by atoms with Crippen LogP contribution in [-0.2, 0) is 6.54 Å². The summed E-state index contributed by atoms with van der Waals surface area (Å²) in [6.45, 7) is 3.47. The van der Waals surface area contributed by atoms with E-state index in [-0.39, 0.29) is 23.0 Å². The molecule has 1 amide bonds. The van der Waals surface area contributed by atoms with Gasteiger partial charge in [0.1, 0.15) is 17.5 Å². The minimum absolute atomic E-state index is 0.139. The fourth-order valence-electron chi connectivity index (χ4n) is 2.81. The van der Waals surface area contributed by atoms with Gasteiger partial charge in [0.15, 0.2) is 6.61 Å². The van der Waals surface area contributed by atoms with Gasteiger partial charge in [0.2, 0.25) is 0 Å². The number of hydrogen-bond donors (Lipinski definition) is 4. The van der Waals surface area contributed by atoms with Crippen molar-refractivity contribution in [3.8, 4) is 6.01 Å². The number of nitrogens with two attached hydrogens (primary N) is 1. The van der Waals surface area contributed by atoms with Gasteiger partial charge < -0.3 is 26.4 Å². The van der Waals surface area contributed by atoms with Gasteiger partial charge in [0.25, 0.3) is 5.91 Å². The molecule has 13 heteroatoms. The van der Waals surface area contributed by atoms with E-state index >= 15 is 0 Å². The van der Waals surface area contributed by atoms with Crippen molar-refractivity contribution >= 4 is 35.0 Å². The molecule has 0 saturated carbocycles. The Morgan fingerprint density at radius 2 is 1.76 bits per heavy atom. The van der Waals surface area contributed by atoms with Crippen molar-refractivity contribution in [2.24, 2.45) is 11.1 Å². The van der Waals surface area contributed by atoms with Crippen LogP contribution in [0.5, 0.6) is 6.01 Å². The quantitative estimate of drug-likeness (QED) is 0.281. The lowest BCUT2D eigenvalue weighted by Gasteiger charge is -2.22. The Morgan fingerprint density at radius 1 is 1.05 bits per heavy atom. The second-order valence-corrected chi connectivity index (χ2v) is 9.35. The molecule has 0 aliphatic carbocycles. The first kappa shape index (κ1) is 27.9. The second kappa shape index (κ2) is 12.1. The normalized spacial score (nSPS) is 11.6. The molecule has 2 heterocycles. The predicted octanol–water partition coefficient (Wildman–Crippen LogP) is 4.54. The van der Waals surface area contributed by atoms with Crippen LogP contribution in [0.25, 0.3) is 0 Å². The van der Waals surface area contributed by atoms with Crippen molar-refractivity contribution in [1.82, 2.24) is 20.3 Å². The van der Waals surface area contributed by atoms with Crippen molar-refractivity contribution in [1.29, 1.82) is 0 Å². The zero-order chi connectivity index (χ0) is 27.1. The fraction of sp³-hybridized carbons (Fsp3) is 0.333. The third-order valence-corrected chi connectivity index (χ3v) is 5.27. The summed E-state index contributed by atoms with van der Waals surface area (Å²) in [6, 6.07) is 11.2. The summed E-state index contributed by atoms with van der Waals surface area (Å²) >= 11 is 5.90. The maximum atomic E-state index is 12.7. The number of nitrogens with zero attached hydrogens (tertiary/aromatic N) is 3. The first-order chi connectivity index (χ1) is 17.4. The molecule has 3 aromatic rings. The molecule has 0 spiro atoms. The number of nitrogens with one attached hydrogen (secondary N) is 3. The van der Waals surface area contributed by atoms with E-state index in [1.54, 1.807) is 36.4 Å². The van der Waals surface area contributed by atoms with E-state index in [4.69, 9.17) is 22.1 Å². The lowest BCUT2D eigenvalue weighted by Crippen LogP contribution is -2.38. The Kier molecular flexibility index (Phi) is 9.11. The SMILES string of the molecule is CC(C)(CN)CNC(=O)c1ccc(Nc2cc(NCc3ccc(Cl)cc3)nc(OCC(F)(F)F)n2)nc1. The second-order valence-electron chi connectivity index (χ2n) is 8.91. The molecule has 0 fully saturated rings. The van der Waals surface area contributed by atoms with Gasteiger partial charge in [-0.1, -0.05) is 37.6 Å². The summed E-state index contributed by atoms with van der Waals surface area (Å²) in [4.78, 5) is 24.6. The summed E-state index contributed by atoms with van der Waals surface area (Å²) < 4.78 is 42.7. The third kappa shape index (κ3) is 9.39. The molecule has 37 heavy (non-hydrogen) atoms. The molecule has 0 aliphatic rings. The van der Waals surface area contributed by atoms with E-state index in [1.165, 1.54) is 12.3 Å². The number of hydrogen-bond acceptors (Lipinski definition) is 8. The molecule has 198 valence electrons. The number of carbonyl (C=O) groups excluding carboxylic acids is 1. The van der Waals surface area contributed by atoms with Gasteiger partial charge in [0, 0.05) is 30.4 Å². The number of halogens is 4. The topological polar surface area (TPSA) is 127 Å². The van der Waals surface area contributed by atoms with E-state index in [1.807, 2.05) is 13.8 Å². The third-order valence-electron chi connectivity index (χ3n) is 5.02. The van der Waals surface area contributed by atoms with Crippen LogP contribution in [-0.4, -0.2) is 46.7 Å². The Bertz CT molecular complexity index is 1190.